The van der Waals surface area contributed by atoms with E-state index in [4.69, 9.17) is 9.84 Å². The van der Waals surface area contributed by atoms with Crippen molar-refractivity contribution in [2.75, 3.05) is 6.61 Å². The van der Waals surface area contributed by atoms with Crippen LogP contribution in [0.5, 0.6) is 5.75 Å². The Hall–Kier alpha value is -1.28. The van der Waals surface area contributed by atoms with E-state index in [0.717, 1.165) is 5.75 Å². The molecule has 0 saturated heterocycles. The van der Waals surface area contributed by atoms with Crippen LogP contribution in [0.3, 0.4) is 0 Å². The number of ether oxygens (including phenoxy) is 1. The van der Waals surface area contributed by atoms with Crippen LogP contribution in [-0.2, 0) is 0 Å². The largest absolute Gasteiger partial charge is 0.465 e. The Balaban J connectivity index is 2.45. The van der Waals surface area contributed by atoms with Crippen molar-refractivity contribution >= 4 is 0 Å². The molecule has 0 aliphatic rings. The molecular formula is C9H10O2. The topological polar surface area (TPSA) is 29.5 Å². The lowest BCUT2D eigenvalue weighted by Gasteiger charge is -1.96. The summed E-state index contributed by atoms with van der Waals surface area (Å²) in [5.74, 6) is 0.775. The summed E-state index contributed by atoms with van der Waals surface area (Å²) in [7, 11) is 0. The number of aliphatic hydroxyl groups excluding tert-OH is 1. The summed E-state index contributed by atoms with van der Waals surface area (Å²) in [4.78, 5) is 0. The monoisotopic (exact) mass is 150 g/mol. The molecule has 0 aliphatic carbocycles. The fourth-order valence-corrected chi connectivity index (χ4v) is 0.669. The molecule has 0 saturated carbocycles. The third kappa shape index (κ3) is 2.87. The van der Waals surface area contributed by atoms with Crippen molar-refractivity contribution < 1.29 is 9.84 Å². The fourth-order valence-electron chi connectivity index (χ4n) is 0.669. The molecule has 0 aliphatic heterocycles. The Morgan fingerprint density at radius 3 is 2.64 bits per heavy atom. The molecule has 0 heterocycles. The molecule has 0 spiro atoms. The van der Waals surface area contributed by atoms with E-state index in [1.807, 2.05) is 30.3 Å². The van der Waals surface area contributed by atoms with Gasteiger partial charge in [0.2, 0.25) is 0 Å². The lowest BCUT2D eigenvalue weighted by atomic mass is 10.3. The highest BCUT2D eigenvalue weighted by atomic mass is 16.5. The van der Waals surface area contributed by atoms with Gasteiger partial charge in [-0.05, 0) is 18.2 Å². The smallest absolute Gasteiger partial charge is 0.126 e. The van der Waals surface area contributed by atoms with Gasteiger partial charge in [-0.15, -0.1) is 0 Å². The number of hydrogen-bond donors (Lipinski definition) is 1. The average Bonchev–Trinajstić information content (AvgIpc) is 2.07. The molecule has 2 heteroatoms. The van der Waals surface area contributed by atoms with Crippen molar-refractivity contribution in [2.24, 2.45) is 0 Å². The van der Waals surface area contributed by atoms with Crippen LogP contribution in [0.15, 0.2) is 42.7 Å². The molecule has 58 valence electrons. The summed E-state index contributed by atoms with van der Waals surface area (Å²) < 4.78 is 5.11. The quantitative estimate of drug-likeness (QED) is 0.663. The van der Waals surface area contributed by atoms with Gasteiger partial charge in [0, 0.05) is 0 Å². The zero-order valence-corrected chi connectivity index (χ0v) is 6.10. The minimum absolute atomic E-state index is 0.00678. The van der Waals surface area contributed by atoms with Crippen LogP contribution in [0.1, 0.15) is 0 Å². The summed E-state index contributed by atoms with van der Waals surface area (Å²) in [6.07, 6.45) is 3.00. The molecule has 0 radical (unpaired) electrons. The van der Waals surface area contributed by atoms with Crippen LogP contribution in [0.2, 0.25) is 0 Å². The minimum atomic E-state index is 0.00678. The third-order valence-electron chi connectivity index (χ3n) is 1.15. The van der Waals surface area contributed by atoms with Gasteiger partial charge in [0.25, 0.3) is 0 Å². The first kappa shape index (κ1) is 7.82. The molecule has 0 fully saturated rings. The summed E-state index contributed by atoms with van der Waals surface area (Å²) in [5.41, 5.74) is 0. The van der Waals surface area contributed by atoms with E-state index in [-0.39, 0.29) is 6.61 Å². The first-order valence-corrected chi connectivity index (χ1v) is 3.41. The maximum atomic E-state index is 8.38. The summed E-state index contributed by atoms with van der Waals surface area (Å²) in [5, 5.41) is 8.38. The maximum Gasteiger partial charge on any atom is 0.126 e. The summed E-state index contributed by atoms with van der Waals surface area (Å²) in [6.45, 7) is 0.00678. The normalized spacial score (nSPS) is 10.3. The zero-order valence-electron chi connectivity index (χ0n) is 6.10. The van der Waals surface area contributed by atoms with E-state index in [2.05, 4.69) is 0 Å². The second-order valence-corrected chi connectivity index (χ2v) is 1.99. The number of aliphatic hydroxyl groups is 1. The molecule has 1 N–H and O–H groups in total. The number of hydrogen-bond acceptors (Lipinski definition) is 2. The maximum absolute atomic E-state index is 8.38. The van der Waals surface area contributed by atoms with Crippen LogP contribution in [-0.4, -0.2) is 11.7 Å². The predicted molar refractivity (Wildman–Crippen MR) is 43.3 cm³/mol. The van der Waals surface area contributed by atoms with E-state index < -0.39 is 0 Å². The van der Waals surface area contributed by atoms with Crippen LogP contribution in [0.4, 0.5) is 0 Å². The van der Waals surface area contributed by atoms with Crippen LogP contribution >= 0.6 is 0 Å². The Bertz CT molecular complexity index is 216. The molecule has 1 aromatic carbocycles. The van der Waals surface area contributed by atoms with Gasteiger partial charge < -0.3 is 9.84 Å². The van der Waals surface area contributed by atoms with Crippen LogP contribution in [0.25, 0.3) is 0 Å². The van der Waals surface area contributed by atoms with Crippen LogP contribution in [0, 0.1) is 0 Å². The molecule has 11 heavy (non-hydrogen) atoms. The molecule has 2 nitrogen and oxygen atoms in total. The minimum Gasteiger partial charge on any atom is -0.465 e. The number of para-hydroxylation sites is 1. The van der Waals surface area contributed by atoms with E-state index >= 15 is 0 Å². The Morgan fingerprint density at radius 2 is 2.00 bits per heavy atom. The van der Waals surface area contributed by atoms with Crippen molar-refractivity contribution in [3.8, 4) is 5.75 Å². The van der Waals surface area contributed by atoms with Gasteiger partial charge in [-0.2, -0.15) is 0 Å². The molecule has 0 bridgehead atoms. The fraction of sp³-hybridized carbons (Fsp3) is 0.111. The van der Waals surface area contributed by atoms with E-state index in [9.17, 15) is 0 Å². The lowest BCUT2D eigenvalue weighted by molar-refractivity contribution is 0.338. The molecule has 1 rings (SSSR count). The molecule has 1 aromatic rings. The zero-order chi connectivity index (χ0) is 7.94. The van der Waals surface area contributed by atoms with E-state index in [0.29, 0.717) is 0 Å². The van der Waals surface area contributed by atoms with Gasteiger partial charge >= 0.3 is 0 Å². The first-order valence-electron chi connectivity index (χ1n) is 3.41. The van der Waals surface area contributed by atoms with Gasteiger partial charge in [0.15, 0.2) is 0 Å². The van der Waals surface area contributed by atoms with Crippen molar-refractivity contribution in [2.45, 2.75) is 0 Å². The second-order valence-electron chi connectivity index (χ2n) is 1.99. The van der Waals surface area contributed by atoms with Crippen molar-refractivity contribution in [1.29, 1.82) is 0 Å². The van der Waals surface area contributed by atoms with Crippen molar-refractivity contribution in [1.82, 2.24) is 0 Å². The van der Waals surface area contributed by atoms with Crippen LogP contribution < -0.4 is 4.74 Å². The highest BCUT2D eigenvalue weighted by molar-refractivity contribution is 5.21. The van der Waals surface area contributed by atoms with E-state index in [1.165, 1.54) is 12.3 Å². The molecule has 0 atom stereocenters. The summed E-state index contributed by atoms with van der Waals surface area (Å²) >= 11 is 0. The third-order valence-corrected chi connectivity index (χ3v) is 1.15. The molecule has 0 aromatic heterocycles. The SMILES string of the molecule is OCC=COc1ccccc1. The standard InChI is InChI=1S/C9H10O2/c10-7-4-8-11-9-5-2-1-3-6-9/h1-6,8,10H,7H2. The Labute approximate surface area is 65.7 Å². The number of benzene rings is 1. The highest BCUT2D eigenvalue weighted by Gasteiger charge is 1.83. The van der Waals surface area contributed by atoms with Gasteiger partial charge in [-0.1, -0.05) is 18.2 Å². The average molecular weight is 150 g/mol. The van der Waals surface area contributed by atoms with Gasteiger partial charge in [0.05, 0.1) is 12.9 Å². The van der Waals surface area contributed by atoms with Gasteiger partial charge in [0.1, 0.15) is 5.75 Å². The second kappa shape index (κ2) is 4.52. The Morgan fingerprint density at radius 1 is 1.27 bits per heavy atom. The first-order chi connectivity index (χ1) is 5.43. The summed E-state index contributed by atoms with van der Waals surface area (Å²) in [6, 6.07) is 9.40. The predicted octanol–water partition coefficient (Wildman–Crippen LogP) is 1.57. The van der Waals surface area contributed by atoms with Crippen molar-refractivity contribution in [3.63, 3.8) is 0 Å². The lowest BCUT2D eigenvalue weighted by Crippen LogP contribution is -1.81. The molecule has 0 unspecified atom stereocenters. The number of rotatable bonds is 3. The van der Waals surface area contributed by atoms with Gasteiger partial charge in [-0.25, -0.2) is 0 Å². The molecular weight excluding hydrogens is 140 g/mol. The van der Waals surface area contributed by atoms with Crippen molar-refractivity contribution in [3.05, 3.63) is 42.7 Å². The van der Waals surface area contributed by atoms with Gasteiger partial charge in [-0.3, -0.25) is 0 Å². The molecule has 0 amide bonds. The van der Waals surface area contributed by atoms with E-state index in [1.54, 1.807) is 0 Å². The Kier molecular flexibility index (Phi) is 3.22. The highest BCUT2D eigenvalue weighted by Crippen LogP contribution is 2.07.